The minimum absolute atomic E-state index is 0.0152. The molecule has 0 aliphatic carbocycles. The van der Waals surface area contributed by atoms with E-state index < -0.39 is 30.3 Å². The molecule has 1 atom stereocenters. The molecule has 1 amide bonds. The topological polar surface area (TPSA) is 87.5 Å². The molecule has 2 aromatic rings. The van der Waals surface area contributed by atoms with Gasteiger partial charge in [0.05, 0.1) is 17.6 Å². The van der Waals surface area contributed by atoms with E-state index in [4.69, 9.17) is 9.90 Å². The monoisotopic (exact) mass is 438 g/mol. The number of alkyl halides is 6. The maximum absolute atomic E-state index is 13.2. The number of rotatable bonds is 2. The highest BCUT2D eigenvalue weighted by Crippen LogP contribution is 2.28. The summed E-state index contributed by atoms with van der Waals surface area (Å²) < 4.78 is 72.9. The standard InChI is InChI=1S/C15H15F3N4O.C2HF3O2/c16-15(17,18)13-9-19-6-8-22(13)14(23)11-3-1-2-4-12(11)21-7-5-20-10-21;3-2(4,5)1(6)7/h1-5,7,10,13,19H,6,8-9H2;(H,6,7). The molecule has 0 spiro atoms. The Morgan fingerprint density at radius 1 is 1.13 bits per heavy atom. The van der Waals surface area contributed by atoms with E-state index in [1.165, 1.54) is 12.4 Å². The van der Waals surface area contributed by atoms with Gasteiger partial charge in [-0.05, 0) is 12.1 Å². The van der Waals surface area contributed by atoms with Crippen LogP contribution in [0.25, 0.3) is 5.69 Å². The van der Waals surface area contributed by atoms with Crippen LogP contribution in [0.4, 0.5) is 26.3 Å². The highest BCUT2D eigenvalue weighted by molar-refractivity contribution is 5.98. The van der Waals surface area contributed by atoms with Crippen molar-refractivity contribution in [3.8, 4) is 5.69 Å². The lowest BCUT2D eigenvalue weighted by Gasteiger charge is -2.37. The fraction of sp³-hybridized carbons (Fsp3) is 0.353. The predicted octanol–water partition coefficient (Wildman–Crippen LogP) is 2.48. The molecule has 1 aromatic carbocycles. The number of aliphatic carboxylic acids is 1. The first-order valence-electron chi connectivity index (χ1n) is 8.38. The SMILES string of the molecule is O=C(O)C(F)(F)F.O=C(c1ccccc1-n1ccnc1)N1CCNCC1C(F)(F)F. The maximum Gasteiger partial charge on any atom is 0.490 e. The van der Waals surface area contributed by atoms with Gasteiger partial charge in [0.2, 0.25) is 0 Å². The van der Waals surface area contributed by atoms with E-state index in [9.17, 15) is 31.1 Å². The molecule has 1 saturated heterocycles. The number of carbonyl (C=O) groups excluding carboxylic acids is 1. The molecule has 30 heavy (non-hydrogen) atoms. The van der Waals surface area contributed by atoms with Crippen molar-refractivity contribution in [3.05, 3.63) is 48.5 Å². The van der Waals surface area contributed by atoms with Crippen molar-refractivity contribution in [1.82, 2.24) is 19.8 Å². The van der Waals surface area contributed by atoms with Crippen LogP contribution >= 0.6 is 0 Å². The molecule has 0 radical (unpaired) electrons. The number of nitrogens with one attached hydrogen (secondary N) is 1. The summed E-state index contributed by atoms with van der Waals surface area (Å²) >= 11 is 0. The quantitative estimate of drug-likeness (QED) is 0.704. The fourth-order valence-electron chi connectivity index (χ4n) is 2.68. The Hall–Kier alpha value is -3.09. The highest BCUT2D eigenvalue weighted by atomic mass is 19.4. The Kier molecular flexibility index (Phi) is 7.08. The largest absolute Gasteiger partial charge is 0.490 e. The first-order chi connectivity index (χ1) is 13.9. The van der Waals surface area contributed by atoms with E-state index in [0.29, 0.717) is 12.2 Å². The molecule has 3 rings (SSSR count). The van der Waals surface area contributed by atoms with Crippen LogP contribution in [-0.2, 0) is 4.79 Å². The molecule has 1 unspecified atom stereocenters. The van der Waals surface area contributed by atoms with Gasteiger partial charge in [0.1, 0.15) is 6.04 Å². The fourth-order valence-corrected chi connectivity index (χ4v) is 2.68. The first kappa shape index (κ1) is 23.2. The van der Waals surface area contributed by atoms with Gasteiger partial charge in [-0.1, -0.05) is 12.1 Å². The number of para-hydroxylation sites is 1. The van der Waals surface area contributed by atoms with Gasteiger partial charge in [-0.25, -0.2) is 9.78 Å². The first-order valence-corrected chi connectivity index (χ1v) is 8.38. The van der Waals surface area contributed by atoms with Crippen LogP contribution < -0.4 is 5.32 Å². The van der Waals surface area contributed by atoms with Crippen molar-refractivity contribution in [3.63, 3.8) is 0 Å². The van der Waals surface area contributed by atoms with E-state index in [-0.39, 0.29) is 18.7 Å². The third-order valence-corrected chi connectivity index (χ3v) is 4.04. The van der Waals surface area contributed by atoms with Gasteiger partial charge in [0, 0.05) is 32.0 Å². The molecule has 2 N–H and O–H groups in total. The summed E-state index contributed by atoms with van der Waals surface area (Å²) in [6.45, 7) is 0.0648. The molecular weight excluding hydrogens is 422 g/mol. The average molecular weight is 438 g/mol. The van der Waals surface area contributed by atoms with Gasteiger partial charge in [0.15, 0.2) is 0 Å². The number of piperazine rings is 1. The highest BCUT2D eigenvalue weighted by Gasteiger charge is 2.46. The van der Waals surface area contributed by atoms with Gasteiger partial charge in [0.25, 0.3) is 5.91 Å². The van der Waals surface area contributed by atoms with E-state index in [1.807, 2.05) is 0 Å². The number of amides is 1. The van der Waals surface area contributed by atoms with Crippen LogP contribution in [0.5, 0.6) is 0 Å². The van der Waals surface area contributed by atoms with Crippen LogP contribution in [0.2, 0.25) is 0 Å². The second-order valence-corrected chi connectivity index (χ2v) is 6.05. The number of hydrogen-bond acceptors (Lipinski definition) is 4. The van der Waals surface area contributed by atoms with Crippen LogP contribution in [0.3, 0.4) is 0 Å². The lowest BCUT2D eigenvalue weighted by atomic mass is 10.1. The van der Waals surface area contributed by atoms with Crippen LogP contribution in [0.1, 0.15) is 10.4 Å². The van der Waals surface area contributed by atoms with E-state index in [0.717, 1.165) is 4.90 Å². The van der Waals surface area contributed by atoms with E-state index in [2.05, 4.69) is 10.3 Å². The third kappa shape index (κ3) is 5.72. The lowest BCUT2D eigenvalue weighted by Crippen LogP contribution is -2.59. The number of imidazole rings is 1. The second kappa shape index (κ2) is 9.15. The Balaban J connectivity index is 0.000000396. The number of nitrogens with zero attached hydrogens (tertiary/aromatic N) is 3. The summed E-state index contributed by atoms with van der Waals surface area (Å²) in [5, 5.41) is 9.82. The summed E-state index contributed by atoms with van der Waals surface area (Å²) in [5.74, 6) is -3.38. The van der Waals surface area contributed by atoms with Gasteiger partial charge in [-0.2, -0.15) is 26.3 Å². The van der Waals surface area contributed by atoms with Crippen molar-refractivity contribution >= 4 is 11.9 Å². The van der Waals surface area contributed by atoms with E-state index >= 15 is 0 Å². The predicted molar refractivity (Wildman–Crippen MR) is 91.0 cm³/mol. The molecule has 1 aliphatic heterocycles. The molecule has 1 fully saturated rings. The summed E-state index contributed by atoms with van der Waals surface area (Å²) in [5.41, 5.74) is 0.733. The Morgan fingerprint density at radius 2 is 1.77 bits per heavy atom. The summed E-state index contributed by atoms with van der Waals surface area (Å²) in [6.07, 6.45) is -4.85. The van der Waals surface area contributed by atoms with Gasteiger partial charge in [-0.3, -0.25) is 4.79 Å². The number of carboxylic acid groups (broad SMARTS) is 1. The summed E-state index contributed by atoms with van der Waals surface area (Å²) in [4.78, 5) is 26.4. The van der Waals surface area contributed by atoms with Gasteiger partial charge >= 0.3 is 18.3 Å². The number of halogens is 6. The zero-order valence-corrected chi connectivity index (χ0v) is 15.1. The number of aromatic nitrogens is 2. The third-order valence-electron chi connectivity index (χ3n) is 4.04. The summed E-state index contributed by atoms with van der Waals surface area (Å²) in [7, 11) is 0. The molecule has 7 nitrogen and oxygen atoms in total. The van der Waals surface area contributed by atoms with Crippen LogP contribution in [-0.4, -0.2) is 69.5 Å². The Labute approximate surface area is 165 Å². The lowest BCUT2D eigenvalue weighted by molar-refractivity contribution is -0.192. The molecule has 0 saturated carbocycles. The number of carbonyl (C=O) groups is 2. The van der Waals surface area contributed by atoms with Crippen molar-refractivity contribution in [1.29, 1.82) is 0 Å². The van der Waals surface area contributed by atoms with Crippen molar-refractivity contribution < 1.29 is 41.0 Å². The minimum Gasteiger partial charge on any atom is -0.475 e. The van der Waals surface area contributed by atoms with Gasteiger partial charge in [-0.15, -0.1) is 0 Å². The van der Waals surface area contributed by atoms with E-state index in [1.54, 1.807) is 35.2 Å². The molecular formula is C17H16F6N4O3. The molecule has 1 aromatic heterocycles. The number of carboxylic acids is 1. The molecule has 164 valence electrons. The second-order valence-electron chi connectivity index (χ2n) is 6.05. The Bertz CT molecular complexity index is 867. The summed E-state index contributed by atoms with van der Waals surface area (Å²) in [6, 6.07) is 4.76. The average Bonchev–Trinajstić information content (AvgIpc) is 3.21. The van der Waals surface area contributed by atoms with Crippen molar-refractivity contribution in [2.75, 3.05) is 19.6 Å². The Morgan fingerprint density at radius 3 is 2.30 bits per heavy atom. The van der Waals surface area contributed by atoms with Crippen LogP contribution in [0, 0.1) is 0 Å². The van der Waals surface area contributed by atoms with Crippen molar-refractivity contribution in [2.45, 2.75) is 18.4 Å². The zero-order valence-electron chi connectivity index (χ0n) is 15.1. The number of benzene rings is 1. The normalized spacial score (nSPS) is 17.1. The minimum atomic E-state index is -5.08. The van der Waals surface area contributed by atoms with Crippen molar-refractivity contribution in [2.24, 2.45) is 0 Å². The number of hydrogen-bond donors (Lipinski definition) is 2. The molecule has 13 heteroatoms. The zero-order chi connectivity index (χ0) is 22.5. The van der Waals surface area contributed by atoms with Crippen LogP contribution in [0.15, 0.2) is 43.0 Å². The molecule has 1 aliphatic rings. The molecule has 0 bridgehead atoms. The smallest absolute Gasteiger partial charge is 0.475 e. The van der Waals surface area contributed by atoms with Gasteiger partial charge < -0.3 is 19.9 Å². The maximum atomic E-state index is 13.2. The molecule has 2 heterocycles.